The molecule has 5 rings (SSSR count). The molecule has 3 aromatic rings. The van der Waals surface area contributed by atoms with E-state index in [4.69, 9.17) is 0 Å². The van der Waals surface area contributed by atoms with E-state index < -0.39 is 0 Å². The highest BCUT2D eigenvalue weighted by atomic mass is 32.1. The van der Waals surface area contributed by atoms with Crippen LogP contribution < -0.4 is 10.2 Å². The molecule has 29 heavy (non-hydrogen) atoms. The van der Waals surface area contributed by atoms with Crippen LogP contribution in [-0.2, 0) is 19.5 Å². The van der Waals surface area contributed by atoms with Gasteiger partial charge in [0.1, 0.15) is 0 Å². The molecule has 0 atom stereocenters. The number of hydrogen-bond acceptors (Lipinski definition) is 4. The van der Waals surface area contributed by atoms with Crippen LogP contribution in [0.15, 0.2) is 60.2 Å². The lowest BCUT2D eigenvalue weighted by Crippen LogP contribution is -2.36. The molecule has 3 heterocycles. The van der Waals surface area contributed by atoms with Crippen molar-refractivity contribution in [2.24, 2.45) is 0 Å². The molecule has 0 spiro atoms. The number of fused-ring (bicyclic) bond motifs is 1. The molecule has 6 heteroatoms. The number of anilines is 2. The zero-order valence-corrected chi connectivity index (χ0v) is 17.1. The summed E-state index contributed by atoms with van der Waals surface area (Å²) < 4.78 is 0. The first-order valence-corrected chi connectivity index (χ1v) is 11.0. The number of carbonyl (C=O) groups excluding carboxylic acids is 1. The second kappa shape index (κ2) is 7.87. The van der Waals surface area contributed by atoms with Crippen LogP contribution in [0.5, 0.6) is 0 Å². The molecule has 1 N–H and O–H groups in total. The maximum atomic E-state index is 12.9. The normalized spacial score (nSPS) is 15.7. The summed E-state index contributed by atoms with van der Waals surface area (Å²) in [6.07, 6.45) is 6.84. The highest BCUT2D eigenvalue weighted by molar-refractivity contribution is 7.10. The molecule has 0 saturated heterocycles. The van der Waals surface area contributed by atoms with E-state index in [1.165, 1.54) is 16.1 Å². The van der Waals surface area contributed by atoms with Gasteiger partial charge in [-0.15, -0.1) is 11.3 Å². The van der Waals surface area contributed by atoms with Crippen LogP contribution >= 0.6 is 11.3 Å². The van der Waals surface area contributed by atoms with E-state index >= 15 is 0 Å². The van der Waals surface area contributed by atoms with E-state index in [0.29, 0.717) is 12.6 Å². The van der Waals surface area contributed by atoms with Gasteiger partial charge in [0.15, 0.2) is 0 Å². The van der Waals surface area contributed by atoms with Gasteiger partial charge in [0.05, 0.1) is 0 Å². The summed E-state index contributed by atoms with van der Waals surface area (Å²) in [5.41, 5.74) is 4.54. The average Bonchev–Trinajstić information content (AvgIpc) is 3.49. The quantitative estimate of drug-likeness (QED) is 0.658. The molecule has 2 aromatic heterocycles. The number of rotatable bonds is 5. The highest BCUT2D eigenvalue weighted by Crippen LogP contribution is 2.30. The number of pyridine rings is 1. The van der Waals surface area contributed by atoms with Gasteiger partial charge in [0.25, 0.3) is 0 Å². The largest absolute Gasteiger partial charge is 0.367 e. The Morgan fingerprint density at radius 1 is 1.21 bits per heavy atom. The molecule has 0 bridgehead atoms. The van der Waals surface area contributed by atoms with Gasteiger partial charge < -0.3 is 15.1 Å². The Morgan fingerprint density at radius 2 is 2.07 bits per heavy atom. The third-order valence-electron chi connectivity index (χ3n) is 5.62. The molecule has 5 nitrogen and oxygen atoms in total. The van der Waals surface area contributed by atoms with Gasteiger partial charge in [-0.1, -0.05) is 6.07 Å². The number of nitrogens with zero attached hydrogens (tertiary/aromatic N) is 3. The molecule has 1 aliphatic heterocycles. The maximum Gasteiger partial charge on any atom is 0.322 e. The van der Waals surface area contributed by atoms with Crippen molar-refractivity contribution < 1.29 is 4.79 Å². The first kappa shape index (κ1) is 18.2. The van der Waals surface area contributed by atoms with Crippen molar-refractivity contribution in [3.05, 3.63) is 76.2 Å². The molecule has 0 unspecified atom stereocenters. The molecule has 1 fully saturated rings. The van der Waals surface area contributed by atoms with E-state index in [1.54, 1.807) is 6.20 Å². The molecule has 1 saturated carbocycles. The molecule has 2 amide bonds. The van der Waals surface area contributed by atoms with Crippen molar-refractivity contribution in [2.75, 3.05) is 16.8 Å². The minimum absolute atomic E-state index is 0.0370. The van der Waals surface area contributed by atoms with E-state index in [2.05, 4.69) is 38.8 Å². The minimum atomic E-state index is -0.0370. The summed E-state index contributed by atoms with van der Waals surface area (Å²) in [5, 5.41) is 5.26. The van der Waals surface area contributed by atoms with Crippen LogP contribution in [0.3, 0.4) is 0 Å². The van der Waals surface area contributed by atoms with Crippen molar-refractivity contribution in [2.45, 2.75) is 38.4 Å². The standard InChI is InChI=1S/C23H24N4OS/c28-23(27(21-7-8-21)15-17-2-1-11-24-14-17)25-19-3-5-20(6-4-19)26-12-9-22-18(16-26)10-13-29-22/h1-6,10-11,13-14,21H,7-9,12,15-16H2,(H,25,28). The average molecular weight is 405 g/mol. The lowest BCUT2D eigenvalue weighted by molar-refractivity contribution is 0.206. The van der Waals surface area contributed by atoms with E-state index in [0.717, 1.165) is 43.6 Å². The van der Waals surface area contributed by atoms with E-state index in [1.807, 2.05) is 46.7 Å². The van der Waals surface area contributed by atoms with Gasteiger partial charge >= 0.3 is 6.03 Å². The van der Waals surface area contributed by atoms with Crippen LogP contribution in [0, 0.1) is 0 Å². The summed E-state index contributed by atoms with van der Waals surface area (Å²) >= 11 is 1.86. The van der Waals surface area contributed by atoms with Crippen LogP contribution in [0.1, 0.15) is 28.8 Å². The molecular formula is C23H24N4OS. The fourth-order valence-corrected chi connectivity index (χ4v) is 4.75. The van der Waals surface area contributed by atoms with Gasteiger partial charge in [-0.05, 0) is 72.2 Å². The zero-order chi connectivity index (χ0) is 19.6. The fraction of sp³-hybridized carbons (Fsp3) is 0.304. The number of carbonyl (C=O) groups is 1. The monoisotopic (exact) mass is 404 g/mol. The Balaban J connectivity index is 1.24. The Labute approximate surface area is 175 Å². The Bertz CT molecular complexity index is 982. The van der Waals surface area contributed by atoms with Gasteiger partial charge in [-0.25, -0.2) is 4.79 Å². The molecular weight excluding hydrogens is 380 g/mol. The van der Waals surface area contributed by atoms with Crippen LogP contribution in [-0.4, -0.2) is 28.5 Å². The van der Waals surface area contributed by atoms with Crippen molar-refractivity contribution >= 4 is 28.7 Å². The Hall–Kier alpha value is -2.86. The van der Waals surface area contributed by atoms with E-state index in [9.17, 15) is 4.79 Å². The summed E-state index contributed by atoms with van der Waals surface area (Å²) in [7, 11) is 0. The first-order chi connectivity index (χ1) is 14.3. The number of thiophene rings is 1. The SMILES string of the molecule is O=C(Nc1ccc(N2CCc3sccc3C2)cc1)N(Cc1cccnc1)C1CC1. The number of benzene rings is 1. The topological polar surface area (TPSA) is 48.5 Å². The second-order valence-electron chi connectivity index (χ2n) is 7.74. The molecule has 2 aliphatic rings. The van der Waals surface area contributed by atoms with Crippen LogP contribution in [0.2, 0.25) is 0 Å². The minimum Gasteiger partial charge on any atom is -0.367 e. The maximum absolute atomic E-state index is 12.9. The zero-order valence-electron chi connectivity index (χ0n) is 16.3. The Morgan fingerprint density at radius 3 is 2.83 bits per heavy atom. The van der Waals surface area contributed by atoms with Crippen LogP contribution in [0.4, 0.5) is 16.2 Å². The van der Waals surface area contributed by atoms with Crippen molar-refractivity contribution in [3.63, 3.8) is 0 Å². The van der Waals surface area contributed by atoms with Crippen molar-refractivity contribution in [1.82, 2.24) is 9.88 Å². The molecule has 148 valence electrons. The molecule has 0 radical (unpaired) electrons. The summed E-state index contributed by atoms with van der Waals surface area (Å²) in [6, 6.07) is 14.7. The van der Waals surface area contributed by atoms with Gasteiger partial charge in [0.2, 0.25) is 0 Å². The van der Waals surface area contributed by atoms with Gasteiger partial charge in [-0.3, -0.25) is 4.98 Å². The fourth-order valence-electron chi connectivity index (χ4n) is 3.86. The predicted octanol–water partition coefficient (Wildman–Crippen LogP) is 4.90. The Kier molecular flexibility index (Phi) is 4.94. The summed E-state index contributed by atoms with van der Waals surface area (Å²) in [5.74, 6) is 0. The lowest BCUT2D eigenvalue weighted by atomic mass is 10.1. The van der Waals surface area contributed by atoms with Crippen molar-refractivity contribution in [1.29, 1.82) is 0 Å². The predicted molar refractivity (Wildman–Crippen MR) is 117 cm³/mol. The first-order valence-electron chi connectivity index (χ1n) is 10.1. The highest BCUT2D eigenvalue weighted by Gasteiger charge is 2.32. The number of aromatic nitrogens is 1. The number of hydrogen-bond donors (Lipinski definition) is 1. The number of nitrogens with one attached hydrogen (secondary N) is 1. The smallest absolute Gasteiger partial charge is 0.322 e. The van der Waals surface area contributed by atoms with Crippen LogP contribution in [0.25, 0.3) is 0 Å². The third-order valence-corrected chi connectivity index (χ3v) is 6.64. The summed E-state index contributed by atoms with van der Waals surface area (Å²) in [6.45, 7) is 2.60. The number of urea groups is 1. The molecule has 1 aromatic carbocycles. The van der Waals surface area contributed by atoms with Gasteiger partial charge in [-0.2, -0.15) is 0 Å². The molecule has 1 aliphatic carbocycles. The van der Waals surface area contributed by atoms with Gasteiger partial charge in [0, 0.05) is 54.3 Å². The summed E-state index contributed by atoms with van der Waals surface area (Å²) in [4.78, 5) is 22.9. The van der Waals surface area contributed by atoms with Crippen molar-refractivity contribution in [3.8, 4) is 0 Å². The second-order valence-corrected chi connectivity index (χ2v) is 8.74. The lowest BCUT2D eigenvalue weighted by Gasteiger charge is -2.29. The third kappa shape index (κ3) is 4.12. The van der Waals surface area contributed by atoms with E-state index in [-0.39, 0.29) is 6.03 Å². The number of amides is 2.